The first-order chi connectivity index (χ1) is 10.3. The zero-order valence-electron chi connectivity index (χ0n) is 12.2. The molecule has 2 heterocycles. The van der Waals surface area contributed by atoms with Crippen LogP contribution in [0.15, 0.2) is 28.8 Å². The van der Waals surface area contributed by atoms with Crippen LogP contribution in [-0.2, 0) is 0 Å². The van der Waals surface area contributed by atoms with Gasteiger partial charge in [0.25, 0.3) is 0 Å². The first-order valence-corrected chi connectivity index (χ1v) is 7.59. The minimum atomic E-state index is 0.323. The molecular formula is C16H19N3O2. The van der Waals surface area contributed by atoms with Crippen LogP contribution in [0.3, 0.4) is 0 Å². The third-order valence-electron chi connectivity index (χ3n) is 4.37. The number of benzene rings is 1. The van der Waals surface area contributed by atoms with Crippen molar-refractivity contribution in [1.82, 2.24) is 10.1 Å². The maximum atomic E-state index is 5.49. The third-order valence-corrected chi connectivity index (χ3v) is 4.37. The summed E-state index contributed by atoms with van der Waals surface area (Å²) in [5.74, 6) is 2.30. The van der Waals surface area contributed by atoms with Crippen molar-refractivity contribution in [3.8, 4) is 5.75 Å². The second-order valence-electron chi connectivity index (χ2n) is 5.83. The zero-order chi connectivity index (χ0) is 14.2. The highest BCUT2D eigenvalue weighted by atomic mass is 16.5. The van der Waals surface area contributed by atoms with Crippen LogP contribution in [0.25, 0.3) is 0 Å². The van der Waals surface area contributed by atoms with Crippen molar-refractivity contribution < 1.29 is 9.26 Å². The van der Waals surface area contributed by atoms with Gasteiger partial charge in [0.2, 0.25) is 0 Å². The quantitative estimate of drug-likeness (QED) is 0.862. The molecule has 21 heavy (non-hydrogen) atoms. The van der Waals surface area contributed by atoms with Gasteiger partial charge in [-0.15, -0.1) is 0 Å². The summed E-state index contributed by atoms with van der Waals surface area (Å²) in [6, 6.07) is 9.27. The Bertz CT molecular complexity index is 619. The van der Waals surface area contributed by atoms with Crippen molar-refractivity contribution in [3.63, 3.8) is 0 Å². The molecule has 0 spiro atoms. The second kappa shape index (κ2) is 5.06. The Hall–Kier alpha value is -2.04. The number of hydrogen-bond donors (Lipinski definition) is 0. The predicted octanol–water partition coefficient (Wildman–Crippen LogP) is 3.30. The minimum absolute atomic E-state index is 0.323. The first-order valence-electron chi connectivity index (χ1n) is 7.59. The van der Waals surface area contributed by atoms with E-state index in [2.05, 4.69) is 27.2 Å². The fourth-order valence-corrected chi connectivity index (χ4v) is 3.02. The summed E-state index contributed by atoms with van der Waals surface area (Å²) in [6.07, 6.45) is 4.66. The van der Waals surface area contributed by atoms with Gasteiger partial charge in [-0.05, 0) is 43.4 Å². The first kappa shape index (κ1) is 12.7. The molecule has 2 fully saturated rings. The minimum Gasteiger partial charge on any atom is -0.497 e. The lowest BCUT2D eigenvalue weighted by molar-refractivity contribution is 0.403. The molecule has 1 aliphatic carbocycles. The molecule has 1 atom stereocenters. The zero-order valence-corrected chi connectivity index (χ0v) is 12.2. The predicted molar refractivity (Wildman–Crippen MR) is 78.6 cm³/mol. The Morgan fingerprint density at radius 1 is 1.19 bits per heavy atom. The number of nitrogens with zero attached hydrogens (tertiary/aromatic N) is 3. The Labute approximate surface area is 123 Å². The molecule has 0 amide bonds. The van der Waals surface area contributed by atoms with E-state index in [1.54, 1.807) is 7.11 Å². The lowest BCUT2D eigenvalue weighted by Gasteiger charge is -2.22. The second-order valence-corrected chi connectivity index (χ2v) is 5.83. The van der Waals surface area contributed by atoms with Crippen LogP contribution in [0.2, 0.25) is 0 Å². The van der Waals surface area contributed by atoms with Crippen molar-refractivity contribution >= 4 is 6.01 Å². The molecule has 1 aliphatic heterocycles. The Morgan fingerprint density at radius 3 is 2.71 bits per heavy atom. The highest BCUT2D eigenvalue weighted by Gasteiger charge is 2.33. The van der Waals surface area contributed by atoms with Gasteiger partial charge in [0.15, 0.2) is 5.82 Å². The van der Waals surface area contributed by atoms with Gasteiger partial charge in [0.05, 0.1) is 13.2 Å². The van der Waals surface area contributed by atoms with E-state index in [0.29, 0.717) is 18.0 Å². The molecule has 0 N–H and O–H groups in total. The van der Waals surface area contributed by atoms with Gasteiger partial charge in [-0.2, -0.15) is 4.98 Å². The smallest absolute Gasteiger partial charge is 0.324 e. The van der Waals surface area contributed by atoms with Gasteiger partial charge in [-0.1, -0.05) is 17.3 Å². The number of ether oxygens (including phenoxy) is 1. The monoisotopic (exact) mass is 285 g/mol. The lowest BCUT2D eigenvalue weighted by Crippen LogP contribution is -2.22. The lowest BCUT2D eigenvalue weighted by atomic mass is 10.0. The summed E-state index contributed by atoms with van der Waals surface area (Å²) in [7, 11) is 1.69. The maximum Gasteiger partial charge on any atom is 0.324 e. The van der Waals surface area contributed by atoms with Crippen LogP contribution in [0, 0.1) is 0 Å². The van der Waals surface area contributed by atoms with Crippen LogP contribution in [0.1, 0.15) is 49.0 Å². The summed E-state index contributed by atoms with van der Waals surface area (Å²) in [5.41, 5.74) is 1.28. The van der Waals surface area contributed by atoms with Gasteiger partial charge >= 0.3 is 6.01 Å². The van der Waals surface area contributed by atoms with Crippen LogP contribution >= 0.6 is 0 Å². The molecule has 1 saturated heterocycles. The van der Waals surface area contributed by atoms with Crippen molar-refractivity contribution in [2.75, 3.05) is 18.6 Å². The van der Waals surface area contributed by atoms with E-state index < -0.39 is 0 Å². The molecular weight excluding hydrogens is 266 g/mol. The van der Waals surface area contributed by atoms with E-state index in [1.807, 2.05) is 12.1 Å². The number of hydrogen-bond acceptors (Lipinski definition) is 5. The Morgan fingerprint density at radius 2 is 2.00 bits per heavy atom. The van der Waals surface area contributed by atoms with Crippen molar-refractivity contribution in [3.05, 3.63) is 35.7 Å². The molecule has 1 aromatic carbocycles. The molecule has 5 heteroatoms. The molecule has 1 aromatic heterocycles. The molecule has 4 rings (SSSR count). The van der Waals surface area contributed by atoms with Gasteiger partial charge in [0, 0.05) is 12.5 Å². The van der Waals surface area contributed by atoms with E-state index in [4.69, 9.17) is 9.26 Å². The van der Waals surface area contributed by atoms with Crippen LogP contribution in [0.4, 0.5) is 6.01 Å². The van der Waals surface area contributed by atoms with Crippen molar-refractivity contribution in [2.24, 2.45) is 0 Å². The Balaban J connectivity index is 1.57. The molecule has 1 saturated carbocycles. The van der Waals surface area contributed by atoms with Crippen molar-refractivity contribution in [2.45, 2.75) is 37.6 Å². The summed E-state index contributed by atoms with van der Waals surface area (Å²) < 4.78 is 10.7. The van der Waals surface area contributed by atoms with Crippen molar-refractivity contribution in [1.29, 1.82) is 0 Å². The average molecular weight is 285 g/mol. The number of anilines is 1. The summed E-state index contributed by atoms with van der Waals surface area (Å²) >= 11 is 0. The number of rotatable bonds is 4. The topological polar surface area (TPSA) is 51.4 Å². The van der Waals surface area contributed by atoms with Crippen LogP contribution in [-0.4, -0.2) is 23.8 Å². The molecule has 0 radical (unpaired) electrons. The van der Waals surface area contributed by atoms with E-state index in [9.17, 15) is 0 Å². The average Bonchev–Trinajstić information content (AvgIpc) is 3.07. The highest BCUT2D eigenvalue weighted by Crippen LogP contribution is 2.41. The van der Waals surface area contributed by atoms with E-state index in [-0.39, 0.29) is 0 Å². The Kier molecular flexibility index (Phi) is 3.05. The fraction of sp³-hybridized carbons (Fsp3) is 0.500. The van der Waals surface area contributed by atoms with Gasteiger partial charge < -0.3 is 14.2 Å². The molecule has 1 unspecified atom stereocenters. The summed E-state index contributed by atoms with van der Waals surface area (Å²) in [5, 5.41) is 4.13. The van der Waals surface area contributed by atoms with E-state index in [1.165, 1.54) is 18.4 Å². The molecule has 2 aromatic rings. The SMILES string of the molecule is COc1ccc(C2CCCN2c2nc(C3CC3)no2)cc1. The standard InChI is InChI=1S/C16H19N3O2/c1-20-13-8-6-11(7-9-13)14-3-2-10-19(14)16-17-15(18-21-16)12-4-5-12/h6-9,12,14H,2-5,10H2,1H3. The largest absolute Gasteiger partial charge is 0.497 e. The fourth-order valence-electron chi connectivity index (χ4n) is 3.02. The van der Waals surface area contributed by atoms with Crippen LogP contribution < -0.4 is 9.64 Å². The number of aromatic nitrogens is 2. The molecule has 5 nitrogen and oxygen atoms in total. The van der Waals surface area contributed by atoms with Crippen LogP contribution in [0.5, 0.6) is 5.75 Å². The summed E-state index contributed by atoms with van der Waals surface area (Å²) in [4.78, 5) is 6.82. The molecule has 0 bridgehead atoms. The number of methoxy groups -OCH3 is 1. The summed E-state index contributed by atoms with van der Waals surface area (Å²) in [6.45, 7) is 0.975. The van der Waals surface area contributed by atoms with Gasteiger partial charge in [-0.25, -0.2) is 0 Å². The third kappa shape index (κ3) is 2.37. The molecule has 2 aliphatic rings. The van der Waals surface area contributed by atoms with E-state index >= 15 is 0 Å². The maximum absolute atomic E-state index is 5.49. The van der Waals surface area contributed by atoms with Gasteiger partial charge in [0.1, 0.15) is 5.75 Å². The molecule has 110 valence electrons. The van der Waals surface area contributed by atoms with E-state index in [0.717, 1.165) is 31.0 Å². The van der Waals surface area contributed by atoms with Gasteiger partial charge in [-0.3, -0.25) is 0 Å². The highest BCUT2D eigenvalue weighted by molar-refractivity contribution is 5.38. The normalized spacial score (nSPS) is 21.8.